The lowest BCUT2D eigenvalue weighted by molar-refractivity contribution is 0.250. The van der Waals surface area contributed by atoms with Gasteiger partial charge in [0.1, 0.15) is 5.82 Å². The molecule has 0 aliphatic heterocycles. The van der Waals surface area contributed by atoms with Gasteiger partial charge in [-0.1, -0.05) is 13.3 Å². The molecule has 1 heterocycles. The molecule has 0 atom stereocenters. The third-order valence-corrected chi connectivity index (χ3v) is 5.70. The molecule has 1 aromatic heterocycles. The van der Waals surface area contributed by atoms with Crippen LogP contribution in [0.1, 0.15) is 33.1 Å². The third kappa shape index (κ3) is 3.30. The molecule has 1 N–H and O–H groups in total. The fourth-order valence-electron chi connectivity index (χ4n) is 2.36. The van der Waals surface area contributed by atoms with Gasteiger partial charge in [0, 0.05) is 31.9 Å². The van der Waals surface area contributed by atoms with Crippen LogP contribution in [0.3, 0.4) is 0 Å². The predicted octanol–water partition coefficient (Wildman–Crippen LogP) is 2.32. The normalized spacial score (nSPS) is 16.1. The SMILES string of the molecule is CCNc1cc(S(=O)(=O)N(CC)CC2CCC2)ccn1. The van der Waals surface area contributed by atoms with Crippen LogP contribution in [0.4, 0.5) is 5.82 Å². The lowest BCUT2D eigenvalue weighted by Gasteiger charge is -2.31. The summed E-state index contributed by atoms with van der Waals surface area (Å²) >= 11 is 0. The van der Waals surface area contributed by atoms with Crippen molar-refractivity contribution in [2.24, 2.45) is 5.92 Å². The van der Waals surface area contributed by atoms with E-state index < -0.39 is 10.0 Å². The summed E-state index contributed by atoms with van der Waals surface area (Å²) in [6, 6.07) is 3.18. The van der Waals surface area contributed by atoms with Crippen molar-refractivity contribution in [3.8, 4) is 0 Å². The van der Waals surface area contributed by atoms with E-state index in [1.165, 1.54) is 6.42 Å². The Kier molecular flexibility index (Phi) is 4.99. The molecule has 1 saturated carbocycles. The van der Waals surface area contributed by atoms with Crippen LogP contribution in [-0.4, -0.2) is 37.3 Å². The van der Waals surface area contributed by atoms with Crippen molar-refractivity contribution in [1.82, 2.24) is 9.29 Å². The van der Waals surface area contributed by atoms with E-state index in [4.69, 9.17) is 0 Å². The summed E-state index contributed by atoms with van der Waals surface area (Å²) in [6.45, 7) is 5.71. The van der Waals surface area contributed by atoms with Crippen molar-refractivity contribution in [3.63, 3.8) is 0 Å². The molecule has 0 unspecified atom stereocenters. The van der Waals surface area contributed by atoms with Crippen LogP contribution >= 0.6 is 0 Å². The highest BCUT2D eigenvalue weighted by atomic mass is 32.2. The zero-order chi connectivity index (χ0) is 14.6. The van der Waals surface area contributed by atoms with Crippen molar-refractivity contribution in [1.29, 1.82) is 0 Å². The Morgan fingerprint density at radius 1 is 1.40 bits per heavy atom. The summed E-state index contributed by atoms with van der Waals surface area (Å²) in [5, 5.41) is 3.05. The predicted molar refractivity (Wildman–Crippen MR) is 80.2 cm³/mol. The minimum atomic E-state index is -3.41. The fourth-order valence-corrected chi connectivity index (χ4v) is 3.90. The van der Waals surface area contributed by atoms with Crippen LogP contribution in [0.2, 0.25) is 0 Å². The van der Waals surface area contributed by atoms with E-state index in [0.29, 0.717) is 29.7 Å². The van der Waals surface area contributed by atoms with Crippen LogP contribution in [0, 0.1) is 5.92 Å². The second-order valence-electron chi connectivity index (χ2n) is 5.16. The Morgan fingerprint density at radius 3 is 2.70 bits per heavy atom. The van der Waals surface area contributed by atoms with Crippen molar-refractivity contribution >= 4 is 15.8 Å². The first-order valence-electron chi connectivity index (χ1n) is 7.28. The van der Waals surface area contributed by atoms with Crippen LogP contribution < -0.4 is 5.32 Å². The van der Waals surface area contributed by atoms with Crippen LogP contribution in [0.5, 0.6) is 0 Å². The summed E-state index contributed by atoms with van der Waals surface area (Å²) in [5.41, 5.74) is 0. The Bertz CT molecular complexity index is 541. The molecule has 1 aliphatic rings. The molecular weight excluding hydrogens is 274 g/mol. The lowest BCUT2D eigenvalue weighted by Crippen LogP contribution is -2.37. The number of hydrogen-bond donors (Lipinski definition) is 1. The molecule has 1 aromatic rings. The van der Waals surface area contributed by atoms with Gasteiger partial charge in [-0.25, -0.2) is 13.4 Å². The molecule has 0 bridgehead atoms. The monoisotopic (exact) mass is 297 g/mol. The molecule has 6 heteroatoms. The second-order valence-corrected chi connectivity index (χ2v) is 7.10. The largest absolute Gasteiger partial charge is 0.370 e. The first-order chi connectivity index (χ1) is 9.57. The summed E-state index contributed by atoms with van der Waals surface area (Å²) in [5.74, 6) is 1.13. The van der Waals surface area contributed by atoms with Gasteiger partial charge in [-0.3, -0.25) is 0 Å². The molecular formula is C14H23N3O2S. The minimum absolute atomic E-state index is 0.324. The van der Waals surface area contributed by atoms with Gasteiger partial charge in [-0.05, 0) is 31.7 Å². The molecule has 0 saturated heterocycles. The minimum Gasteiger partial charge on any atom is -0.370 e. The van der Waals surface area contributed by atoms with Gasteiger partial charge in [0.2, 0.25) is 10.0 Å². The number of nitrogens with zero attached hydrogens (tertiary/aromatic N) is 2. The van der Waals surface area contributed by atoms with Crippen LogP contribution in [-0.2, 0) is 10.0 Å². The number of sulfonamides is 1. The molecule has 5 nitrogen and oxygen atoms in total. The molecule has 0 amide bonds. The third-order valence-electron chi connectivity index (χ3n) is 3.77. The standard InChI is InChI=1S/C14H23N3O2S/c1-3-15-14-10-13(8-9-16-14)20(18,19)17(4-2)11-12-6-5-7-12/h8-10,12H,3-7,11H2,1-2H3,(H,15,16). The van der Waals surface area contributed by atoms with Gasteiger partial charge >= 0.3 is 0 Å². The van der Waals surface area contributed by atoms with E-state index >= 15 is 0 Å². The quantitative estimate of drug-likeness (QED) is 0.839. The summed E-state index contributed by atoms with van der Waals surface area (Å²) < 4.78 is 26.9. The first kappa shape index (κ1) is 15.3. The highest BCUT2D eigenvalue weighted by Crippen LogP contribution is 2.29. The fraction of sp³-hybridized carbons (Fsp3) is 0.643. The number of rotatable bonds is 7. The highest BCUT2D eigenvalue weighted by Gasteiger charge is 2.28. The molecule has 0 spiro atoms. The van der Waals surface area contributed by atoms with E-state index in [0.717, 1.165) is 19.4 Å². The number of hydrogen-bond acceptors (Lipinski definition) is 4. The summed E-state index contributed by atoms with van der Waals surface area (Å²) in [7, 11) is -3.41. The maximum atomic E-state index is 12.7. The first-order valence-corrected chi connectivity index (χ1v) is 8.72. The van der Waals surface area contributed by atoms with Crippen LogP contribution in [0.25, 0.3) is 0 Å². The van der Waals surface area contributed by atoms with E-state index in [2.05, 4.69) is 10.3 Å². The van der Waals surface area contributed by atoms with Crippen molar-refractivity contribution < 1.29 is 8.42 Å². The van der Waals surface area contributed by atoms with E-state index in [9.17, 15) is 8.42 Å². The molecule has 1 aliphatic carbocycles. The Balaban J connectivity index is 2.20. The second kappa shape index (κ2) is 6.54. The van der Waals surface area contributed by atoms with Gasteiger partial charge < -0.3 is 5.32 Å². The van der Waals surface area contributed by atoms with Gasteiger partial charge in [0.05, 0.1) is 4.90 Å². The maximum Gasteiger partial charge on any atom is 0.243 e. The van der Waals surface area contributed by atoms with E-state index in [1.807, 2.05) is 13.8 Å². The van der Waals surface area contributed by atoms with Gasteiger partial charge in [0.15, 0.2) is 0 Å². The zero-order valence-electron chi connectivity index (χ0n) is 12.2. The van der Waals surface area contributed by atoms with Gasteiger partial charge in [0.25, 0.3) is 0 Å². The Morgan fingerprint density at radius 2 is 2.15 bits per heavy atom. The molecule has 0 aromatic carbocycles. The van der Waals surface area contributed by atoms with Crippen molar-refractivity contribution in [3.05, 3.63) is 18.3 Å². The molecule has 1 fully saturated rings. The summed E-state index contributed by atoms with van der Waals surface area (Å²) in [6.07, 6.45) is 5.06. The van der Waals surface area contributed by atoms with Crippen LogP contribution in [0.15, 0.2) is 23.2 Å². The Hall–Kier alpha value is -1.14. The average molecular weight is 297 g/mol. The lowest BCUT2D eigenvalue weighted by atomic mass is 9.85. The number of anilines is 1. The average Bonchev–Trinajstić information content (AvgIpc) is 2.38. The maximum absolute atomic E-state index is 12.7. The smallest absolute Gasteiger partial charge is 0.243 e. The molecule has 20 heavy (non-hydrogen) atoms. The topological polar surface area (TPSA) is 62.3 Å². The Labute approximate surface area is 121 Å². The highest BCUT2D eigenvalue weighted by molar-refractivity contribution is 7.89. The molecule has 112 valence electrons. The van der Waals surface area contributed by atoms with Crippen molar-refractivity contribution in [2.45, 2.75) is 38.0 Å². The van der Waals surface area contributed by atoms with E-state index in [1.54, 1.807) is 22.6 Å². The summed E-state index contributed by atoms with van der Waals surface area (Å²) in [4.78, 5) is 4.45. The van der Waals surface area contributed by atoms with E-state index in [-0.39, 0.29) is 0 Å². The molecule has 0 radical (unpaired) electrons. The number of pyridine rings is 1. The van der Waals surface area contributed by atoms with Gasteiger partial charge in [-0.15, -0.1) is 0 Å². The molecule has 2 rings (SSSR count). The number of nitrogens with one attached hydrogen (secondary N) is 1. The zero-order valence-corrected chi connectivity index (χ0v) is 13.0. The van der Waals surface area contributed by atoms with Crippen molar-refractivity contribution in [2.75, 3.05) is 25.0 Å². The number of aromatic nitrogens is 1. The van der Waals surface area contributed by atoms with Gasteiger partial charge in [-0.2, -0.15) is 4.31 Å².